The number of nitrogens with two attached hydrogens (primary N) is 2. The van der Waals surface area contributed by atoms with Gasteiger partial charge in [0.15, 0.2) is 9.84 Å². The van der Waals surface area contributed by atoms with Gasteiger partial charge in [-0.05, 0) is 17.7 Å². The zero-order valence-electron chi connectivity index (χ0n) is 10.1. The second-order valence-corrected chi connectivity index (χ2v) is 8.00. The average molecular weight is 333 g/mol. The first-order valence-corrected chi connectivity index (χ1v) is 8.46. The largest absolute Gasteiger partial charge is 0.330 e. The second-order valence-electron chi connectivity index (χ2n) is 4.92. The molecule has 0 radical (unpaired) electrons. The van der Waals surface area contributed by atoms with Crippen molar-refractivity contribution in [2.75, 3.05) is 19.3 Å². The van der Waals surface area contributed by atoms with Crippen molar-refractivity contribution < 1.29 is 8.42 Å². The Hall–Kier alpha value is -0.430. The molecule has 1 fully saturated rings. The molecule has 1 aromatic carbocycles. The van der Waals surface area contributed by atoms with Crippen molar-refractivity contribution in [1.29, 1.82) is 0 Å². The highest BCUT2D eigenvalue weighted by molar-refractivity contribution is 9.10. The Morgan fingerprint density at radius 2 is 1.72 bits per heavy atom. The topological polar surface area (TPSA) is 86.2 Å². The van der Waals surface area contributed by atoms with Gasteiger partial charge in [-0.25, -0.2) is 8.42 Å². The van der Waals surface area contributed by atoms with E-state index in [2.05, 4.69) is 15.9 Å². The van der Waals surface area contributed by atoms with E-state index >= 15 is 0 Å². The molecule has 1 aliphatic rings. The fourth-order valence-electron chi connectivity index (χ4n) is 2.87. The molecule has 0 amide bonds. The third-order valence-electron chi connectivity index (χ3n) is 3.83. The van der Waals surface area contributed by atoms with Gasteiger partial charge in [-0.15, -0.1) is 0 Å². The van der Waals surface area contributed by atoms with Crippen molar-refractivity contribution in [1.82, 2.24) is 0 Å². The lowest BCUT2D eigenvalue weighted by molar-refractivity contribution is 0.511. The summed E-state index contributed by atoms with van der Waals surface area (Å²) >= 11 is 3.36. The summed E-state index contributed by atoms with van der Waals surface area (Å²) in [5, 5.41) is -0.457. The van der Waals surface area contributed by atoms with E-state index in [9.17, 15) is 8.42 Å². The highest BCUT2D eigenvalue weighted by Crippen LogP contribution is 2.61. The third kappa shape index (κ3) is 2.11. The van der Waals surface area contributed by atoms with Gasteiger partial charge in [0.25, 0.3) is 0 Å². The van der Waals surface area contributed by atoms with Crippen LogP contribution >= 0.6 is 15.9 Å². The Bertz CT molecular complexity index is 538. The van der Waals surface area contributed by atoms with E-state index in [0.717, 1.165) is 10.0 Å². The zero-order chi connectivity index (χ0) is 13.6. The minimum Gasteiger partial charge on any atom is -0.330 e. The van der Waals surface area contributed by atoms with Gasteiger partial charge in [-0.2, -0.15) is 0 Å². The van der Waals surface area contributed by atoms with E-state index in [1.54, 1.807) is 0 Å². The number of halogens is 1. The molecule has 0 heterocycles. The van der Waals surface area contributed by atoms with Crippen molar-refractivity contribution >= 4 is 25.8 Å². The van der Waals surface area contributed by atoms with Crippen LogP contribution < -0.4 is 11.5 Å². The molecule has 4 nitrogen and oxygen atoms in total. The minimum absolute atomic E-state index is 0.0874. The van der Waals surface area contributed by atoms with Crippen LogP contribution in [-0.2, 0) is 9.84 Å². The summed E-state index contributed by atoms with van der Waals surface area (Å²) in [7, 11) is -3.14. The molecule has 4 N–H and O–H groups in total. The molecule has 0 aromatic heterocycles. The van der Waals surface area contributed by atoms with E-state index in [1.807, 2.05) is 24.3 Å². The van der Waals surface area contributed by atoms with Crippen LogP contribution in [0, 0.1) is 5.41 Å². The van der Waals surface area contributed by atoms with E-state index in [1.165, 1.54) is 6.26 Å². The lowest BCUT2D eigenvalue weighted by atomic mass is 9.99. The Morgan fingerprint density at radius 1 is 1.22 bits per heavy atom. The SMILES string of the molecule is CS(=O)(=O)[C@H]1[C@H](c2ccc(Br)cc2)C1(CN)CN. The van der Waals surface area contributed by atoms with Gasteiger partial charge in [-0.3, -0.25) is 0 Å². The van der Waals surface area contributed by atoms with Crippen LogP contribution in [0.3, 0.4) is 0 Å². The Balaban J connectivity index is 2.41. The van der Waals surface area contributed by atoms with Gasteiger partial charge >= 0.3 is 0 Å². The van der Waals surface area contributed by atoms with Crippen molar-refractivity contribution in [3.05, 3.63) is 34.3 Å². The zero-order valence-corrected chi connectivity index (χ0v) is 12.5. The van der Waals surface area contributed by atoms with Crippen LogP contribution in [0.5, 0.6) is 0 Å². The average Bonchev–Trinajstić information content (AvgIpc) is 3.00. The van der Waals surface area contributed by atoms with Crippen LogP contribution in [0.1, 0.15) is 11.5 Å². The van der Waals surface area contributed by atoms with E-state index in [-0.39, 0.29) is 5.92 Å². The Labute approximate surface area is 116 Å². The smallest absolute Gasteiger partial charge is 0.151 e. The lowest BCUT2D eigenvalue weighted by Gasteiger charge is -2.12. The molecule has 0 aliphatic heterocycles. The fraction of sp³-hybridized carbons (Fsp3) is 0.500. The highest BCUT2D eigenvalue weighted by atomic mass is 79.9. The van der Waals surface area contributed by atoms with Gasteiger partial charge in [0, 0.05) is 35.2 Å². The van der Waals surface area contributed by atoms with Crippen molar-refractivity contribution in [2.24, 2.45) is 16.9 Å². The normalized spacial score (nSPS) is 26.0. The molecule has 0 saturated heterocycles. The van der Waals surface area contributed by atoms with Crippen molar-refractivity contribution in [3.8, 4) is 0 Å². The van der Waals surface area contributed by atoms with Crippen LogP contribution in [0.2, 0.25) is 0 Å². The molecule has 1 aliphatic carbocycles. The molecule has 100 valence electrons. The molecule has 1 saturated carbocycles. The molecule has 0 spiro atoms. The second kappa shape index (κ2) is 4.59. The summed E-state index contributed by atoms with van der Waals surface area (Å²) in [6.45, 7) is 0.587. The Kier molecular flexibility index (Phi) is 3.57. The summed E-state index contributed by atoms with van der Waals surface area (Å²) in [6, 6.07) is 7.68. The van der Waals surface area contributed by atoms with Crippen molar-refractivity contribution in [2.45, 2.75) is 11.2 Å². The maximum absolute atomic E-state index is 11.9. The standard InChI is InChI=1S/C12H17BrN2O2S/c1-18(16,17)11-10(12(11,6-14)7-15)8-2-4-9(13)5-3-8/h2-5,10-11H,6-7,14-15H2,1H3/t10-,11-/m0/s1. The first-order valence-electron chi connectivity index (χ1n) is 5.71. The molecule has 2 atom stereocenters. The minimum atomic E-state index is -3.14. The summed E-state index contributed by atoms with van der Waals surface area (Å²) in [5.41, 5.74) is 12.0. The van der Waals surface area contributed by atoms with E-state index in [0.29, 0.717) is 13.1 Å². The highest BCUT2D eigenvalue weighted by Gasteiger charge is 2.68. The summed E-state index contributed by atoms with van der Waals surface area (Å²) in [6.07, 6.45) is 1.26. The van der Waals surface area contributed by atoms with Crippen LogP contribution in [-0.4, -0.2) is 33.0 Å². The maximum atomic E-state index is 11.9. The molecule has 18 heavy (non-hydrogen) atoms. The van der Waals surface area contributed by atoms with Crippen LogP contribution in [0.15, 0.2) is 28.7 Å². The monoisotopic (exact) mass is 332 g/mol. The summed E-state index contributed by atoms with van der Waals surface area (Å²) in [5.74, 6) is -0.0874. The molecular weight excluding hydrogens is 316 g/mol. The quantitative estimate of drug-likeness (QED) is 0.856. The number of hydrogen-bond acceptors (Lipinski definition) is 4. The maximum Gasteiger partial charge on any atom is 0.151 e. The van der Waals surface area contributed by atoms with Crippen molar-refractivity contribution in [3.63, 3.8) is 0 Å². The number of hydrogen-bond donors (Lipinski definition) is 2. The molecular formula is C12H17BrN2O2S. The summed E-state index contributed by atoms with van der Waals surface area (Å²) in [4.78, 5) is 0. The number of benzene rings is 1. The summed E-state index contributed by atoms with van der Waals surface area (Å²) < 4.78 is 24.7. The Morgan fingerprint density at radius 3 is 2.06 bits per heavy atom. The van der Waals surface area contributed by atoms with Gasteiger partial charge in [0.2, 0.25) is 0 Å². The van der Waals surface area contributed by atoms with Crippen LogP contribution in [0.25, 0.3) is 0 Å². The van der Waals surface area contributed by atoms with Crippen LogP contribution in [0.4, 0.5) is 0 Å². The first-order chi connectivity index (χ1) is 8.36. The van der Waals surface area contributed by atoms with E-state index < -0.39 is 20.5 Å². The fourth-order valence-corrected chi connectivity index (χ4v) is 5.17. The lowest BCUT2D eigenvalue weighted by Crippen LogP contribution is -2.31. The molecule has 0 unspecified atom stereocenters. The first kappa shape index (κ1) is 14.0. The third-order valence-corrected chi connectivity index (χ3v) is 6.02. The molecule has 2 rings (SSSR count). The predicted molar refractivity (Wildman–Crippen MR) is 76.1 cm³/mol. The van der Waals surface area contributed by atoms with Gasteiger partial charge < -0.3 is 11.5 Å². The number of rotatable bonds is 4. The van der Waals surface area contributed by atoms with Gasteiger partial charge in [0.05, 0.1) is 5.25 Å². The molecule has 6 heteroatoms. The van der Waals surface area contributed by atoms with Gasteiger partial charge in [0.1, 0.15) is 0 Å². The predicted octanol–water partition coefficient (Wildman–Crippen LogP) is 0.863. The van der Waals surface area contributed by atoms with Gasteiger partial charge in [-0.1, -0.05) is 28.1 Å². The number of sulfone groups is 1. The molecule has 0 bridgehead atoms. The molecule has 1 aromatic rings. The van der Waals surface area contributed by atoms with E-state index in [4.69, 9.17) is 11.5 Å².